The Morgan fingerprint density at radius 3 is 3.13 bits per heavy atom. The molecule has 0 aliphatic carbocycles. The Morgan fingerprint density at radius 1 is 1.60 bits per heavy atom. The Bertz CT molecular complexity index is 196. The minimum atomic E-state index is 0.206. The predicted molar refractivity (Wildman–Crippen MR) is 61.8 cm³/mol. The van der Waals surface area contributed by atoms with Gasteiger partial charge in [0.2, 0.25) is 5.91 Å². The number of amides is 1. The fraction of sp³-hybridized carbons (Fsp3) is 0.909. The molecule has 2 N–H and O–H groups in total. The first-order chi connectivity index (χ1) is 7.24. The lowest BCUT2D eigenvalue weighted by atomic mass is 10.1. The Hall–Kier alpha value is -0.610. The van der Waals surface area contributed by atoms with Crippen LogP contribution in [-0.4, -0.2) is 50.6 Å². The second-order valence-corrected chi connectivity index (χ2v) is 4.29. The van der Waals surface area contributed by atoms with Gasteiger partial charge >= 0.3 is 0 Å². The zero-order valence-corrected chi connectivity index (χ0v) is 9.88. The maximum Gasteiger partial charge on any atom is 0.221 e. The highest BCUT2D eigenvalue weighted by Crippen LogP contribution is 2.12. The van der Waals surface area contributed by atoms with Gasteiger partial charge in [-0.15, -0.1) is 0 Å². The van der Waals surface area contributed by atoms with Crippen LogP contribution in [-0.2, 0) is 4.79 Å². The number of carbonyl (C=O) groups is 1. The molecule has 0 aromatic heterocycles. The average Bonchev–Trinajstić information content (AvgIpc) is 2.43. The van der Waals surface area contributed by atoms with Gasteiger partial charge in [0.05, 0.1) is 0 Å². The number of nitrogens with one attached hydrogen (secondary N) is 2. The Balaban J connectivity index is 2.29. The first kappa shape index (κ1) is 12.5. The van der Waals surface area contributed by atoms with Crippen molar-refractivity contribution < 1.29 is 4.79 Å². The van der Waals surface area contributed by atoms with Crippen LogP contribution in [0.1, 0.15) is 25.7 Å². The van der Waals surface area contributed by atoms with E-state index in [2.05, 4.69) is 22.6 Å². The van der Waals surface area contributed by atoms with Crippen LogP contribution >= 0.6 is 0 Å². The lowest BCUT2D eigenvalue weighted by molar-refractivity contribution is -0.121. The molecule has 4 heteroatoms. The normalized spacial score (nSPS) is 22.6. The first-order valence-electron chi connectivity index (χ1n) is 5.85. The van der Waals surface area contributed by atoms with Crippen molar-refractivity contribution in [3.63, 3.8) is 0 Å². The second kappa shape index (κ2) is 6.80. The molecule has 1 fully saturated rings. The van der Waals surface area contributed by atoms with E-state index in [0.717, 1.165) is 38.9 Å². The molecule has 1 aliphatic rings. The molecule has 1 saturated heterocycles. The van der Waals surface area contributed by atoms with Gasteiger partial charge < -0.3 is 15.5 Å². The molecule has 15 heavy (non-hydrogen) atoms. The molecule has 1 aliphatic heterocycles. The second-order valence-electron chi connectivity index (χ2n) is 4.29. The molecule has 0 spiro atoms. The van der Waals surface area contributed by atoms with Gasteiger partial charge in [-0.3, -0.25) is 4.79 Å². The van der Waals surface area contributed by atoms with Crippen LogP contribution in [0.2, 0.25) is 0 Å². The van der Waals surface area contributed by atoms with Gasteiger partial charge in [-0.1, -0.05) is 0 Å². The smallest absolute Gasteiger partial charge is 0.221 e. The van der Waals surface area contributed by atoms with Gasteiger partial charge in [0, 0.05) is 19.0 Å². The van der Waals surface area contributed by atoms with Crippen LogP contribution in [0.5, 0.6) is 0 Å². The van der Waals surface area contributed by atoms with E-state index in [1.807, 2.05) is 7.05 Å². The molecule has 1 rings (SSSR count). The van der Waals surface area contributed by atoms with E-state index in [4.69, 9.17) is 0 Å². The van der Waals surface area contributed by atoms with Crippen molar-refractivity contribution >= 4 is 5.91 Å². The van der Waals surface area contributed by atoms with Gasteiger partial charge in [0.25, 0.3) is 0 Å². The van der Waals surface area contributed by atoms with E-state index in [9.17, 15) is 4.79 Å². The predicted octanol–water partition coefficient (Wildman–Crippen LogP) is 0.196. The molecular weight excluding hydrogens is 190 g/mol. The molecule has 0 saturated carbocycles. The van der Waals surface area contributed by atoms with E-state index in [-0.39, 0.29) is 5.91 Å². The summed E-state index contributed by atoms with van der Waals surface area (Å²) in [4.78, 5) is 13.7. The summed E-state index contributed by atoms with van der Waals surface area (Å²) in [7, 11) is 4.10. The van der Waals surface area contributed by atoms with Crippen molar-refractivity contribution in [2.24, 2.45) is 0 Å². The monoisotopic (exact) mass is 213 g/mol. The van der Waals surface area contributed by atoms with Crippen molar-refractivity contribution in [3.8, 4) is 0 Å². The highest BCUT2D eigenvalue weighted by atomic mass is 16.1. The van der Waals surface area contributed by atoms with Crippen LogP contribution in [0, 0.1) is 0 Å². The number of nitrogens with zero attached hydrogens (tertiary/aromatic N) is 1. The number of hydrogen-bond acceptors (Lipinski definition) is 3. The lowest BCUT2D eigenvalue weighted by Crippen LogP contribution is -2.35. The highest BCUT2D eigenvalue weighted by Gasteiger charge is 2.20. The summed E-state index contributed by atoms with van der Waals surface area (Å²) in [5.74, 6) is 0.206. The molecule has 0 radical (unpaired) electrons. The standard InChI is InChI=1S/C11H23N3O/c1-12-6-4-8-14(2)10-5-3-7-13-11(15)9-10/h10,12H,3-9H2,1-2H3,(H,13,15). The zero-order chi connectivity index (χ0) is 11.1. The quantitative estimate of drug-likeness (QED) is 0.641. The number of hydrogen-bond donors (Lipinski definition) is 2. The Labute approximate surface area is 92.4 Å². The number of rotatable bonds is 5. The SMILES string of the molecule is CNCCCN(C)C1CCCNC(=O)C1. The van der Waals surface area contributed by atoms with E-state index in [0.29, 0.717) is 12.5 Å². The average molecular weight is 213 g/mol. The lowest BCUT2D eigenvalue weighted by Gasteiger charge is -2.26. The molecule has 0 aromatic rings. The highest BCUT2D eigenvalue weighted by molar-refractivity contribution is 5.76. The van der Waals surface area contributed by atoms with Gasteiger partial charge in [0.1, 0.15) is 0 Å². The van der Waals surface area contributed by atoms with Gasteiger partial charge in [-0.25, -0.2) is 0 Å². The molecule has 0 bridgehead atoms. The van der Waals surface area contributed by atoms with Crippen LogP contribution in [0.4, 0.5) is 0 Å². The van der Waals surface area contributed by atoms with Crippen molar-refractivity contribution in [1.29, 1.82) is 0 Å². The molecule has 1 atom stereocenters. The Kier molecular flexibility index (Phi) is 5.65. The molecule has 0 aromatic carbocycles. The maximum atomic E-state index is 11.4. The largest absolute Gasteiger partial charge is 0.356 e. The minimum absolute atomic E-state index is 0.206. The molecule has 4 nitrogen and oxygen atoms in total. The summed E-state index contributed by atoms with van der Waals surface area (Å²) in [5, 5.41) is 6.06. The van der Waals surface area contributed by atoms with Gasteiger partial charge in [-0.05, 0) is 46.4 Å². The zero-order valence-electron chi connectivity index (χ0n) is 9.88. The third-order valence-electron chi connectivity index (χ3n) is 3.02. The van der Waals surface area contributed by atoms with Crippen LogP contribution in [0.15, 0.2) is 0 Å². The molecule has 1 unspecified atom stereocenters. The summed E-state index contributed by atoms with van der Waals surface area (Å²) in [5.41, 5.74) is 0. The van der Waals surface area contributed by atoms with Crippen molar-refractivity contribution in [3.05, 3.63) is 0 Å². The summed E-state index contributed by atoms with van der Waals surface area (Å²) in [6.07, 6.45) is 4.04. The topological polar surface area (TPSA) is 44.4 Å². The third kappa shape index (κ3) is 4.62. The van der Waals surface area contributed by atoms with E-state index in [1.165, 1.54) is 0 Å². The first-order valence-corrected chi connectivity index (χ1v) is 5.85. The van der Waals surface area contributed by atoms with Crippen molar-refractivity contribution in [2.45, 2.75) is 31.7 Å². The van der Waals surface area contributed by atoms with E-state index in [1.54, 1.807) is 0 Å². The summed E-state index contributed by atoms with van der Waals surface area (Å²) in [6, 6.07) is 0.435. The molecule has 88 valence electrons. The summed E-state index contributed by atoms with van der Waals surface area (Å²) < 4.78 is 0. The molecule has 1 amide bonds. The van der Waals surface area contributed by atoms with Gasteiger partial charge in [0.15, 0.2) is 0 Å². The summed E-state index contributed by atoms with van der Waals surface area (Å²) >= 11 is 0. The van der Waals surface area contributed by atoms with E-state index >= 15 is 0 Å². The fourth-order valence-corrected chi connectivity index (χ4v) is 2.02. The molecular formula is C11H23N3O. The van der Waals surface area contributed by atoms with Crippen LogP contribution in [0.25, 0.3) is 0 Å². The van der Waals surface area contributed by atoms with E-state index < -0.39 is 0 Å². The number of carbonyl (C=O) groups excluding carboxylic acids is 1. The molecule has 1 heterocycles. The Morgan fingerprint density at radius 2 is 2.40 bits per heavy atom. The third-order valence-corrected chi connectivity index (χ3v) is 3.02. The maximum absolute atomic E-state index is 11.4. The van der Waals surface area contributed by atoms with Crippen molar-refractivity contribution in [1.82, 2.24) is 15.5 Å². The van der Waals surface area contributed by atoms with Crippen molar-refractivity contribution in [2.75, 3.05) is 33.7 Å². The van der Waals surface area contributed by atoms with Gasteiger partial charge in [-0.2, -0.15) is 0 Å². The summed E-state index contributed by atoms with van der Waals surface area (Å²) in [6.45, 7) is 2.96. The van der Waals surface area contributed by atoms with Crippen LogP contribution < -0.4 is 10.6 Å². The minimum Gasteiger partial charge on any atom is -0.356 e. The van der Waals surface area contributed by atoms with Crippen LogP contribution in [0.3, 0.4) is 0 Å². The fourth-order valence-electron chi connectivity index (χ4n) is 2.02.